The molecule has 1 N–H and O–H groups in total. The average Bonchev–Trinajstić information content (AvgIpc) is 2.87. The van der Waals surface area contributed by atoms with Crippen LogP contribution in [0.5, 0.6) is 0 Å². The van der Waals surface area contributed by atoms with E-state index in [9.17, 15) is 4.79 Å². The third-order valence-corrected chi connectivity index (χ3v) is 4.69. The standard InChI is InChI=1S/C14H26N2O/c1-4-14(3)13(17)16(11(2)15-14)10-9-12-7-5-6-8-12/h11-12,15H,4-10H2,1-3H3. The largest absolute Gasteiger partial charge is 0.326 e. The first kappa shape index (κ1) is 12.9. The molecule has 1 heterocycles. The summed E-state index contributed by atoms with van der Waals surface area (Å²) in [5.41, 5.74) is -0.324. The fourth-order valence-corrected chi connectivity index (χ4v) is 3.26. The zero-order chi connectivity index (χ0) is 12.5. The van der Waals surface area contributed by atoms with E-state index in [0.717, 1.165) is 18.9 Å². The Morgan fingerprint density at radius 2 is 2.06 bits per heavy atom. The summed E-state index contributed by atoms with van der Waals surface area (Å²) >= 11 is 0. The number of carbonyl (C=O) groups is 1. The lowest BCUT2D eigenvalue weighted by Crippen LogP contribution is -2.43. The second-order valence-corrected chi connectivity index (χ2v) is 5.94. The summed E-state index contributed by atoms with van der Waals surface area (Å²) in [5.74, 6) is 1.16. The quantitative estimate of drug-likeness (QED) is 0.816. The van der Waals surface area contributed by atoms with Crippen LogP contribution in [0.3, 0.4) is 0 Å². The highest BCUT2D eigenvalue weighted by Gasteiger charge is 2.44. The van der Waals surface area contributed by atoms with Crippen molar-refractivity contribution in [1.82, 2.24) is 10.2 Å². The van der Waals surface area contributed by atoms with Crippen LogP contribution in [0.4, 0.5) is 0 Å². The lowest BCUT2D eigenvalue weighted by atomic mass is 9.99. The molecule has 1 aliphatic heterocycles. The molecule has 1 aliphatic carbocycles. The Kier molecular flexibility index (Phi) is 3.76. The van der Waals surface area contributed by atoms with Gasteiger partial charge in [0.25, 0.3) is 0 Å². The highest BCUT2D eigenvalue weighted by atomic mass is 16.2. The Hall–Kier alpha value is -0.570. The van der Waals surface area contributed by atoms with Gasteiger partial charge in [-0.2, -0.15) is 0 Å². The van der Waals surface area contributed by atoms with Gasteiger partial charge in [-0.1, -0.05) is 32.6 Å². The summed E-state index contributed by atoms with van der Waals surface area (Å²) < 4.78 is 0. The molecule has 0 aromatic carbocycles. The van der Waals surface area contributed by atoms with Gasteiger partial charge < -0.3 is 4.90 Å². The first-order valence-corrected chi connectivity index (χ1v) is 7.15. The molecule has 0 spiro atoms. The van der Waals surface area contributed by atoms with Gasteiger partial charge in [-0.15, -0.1) is 0 Å². The SMILES string of the molecule is CCC1(C)NC(C)N(CCC2CCCC2)C1=O. The van der Waals surface area contributed by atoms with Gasteiger partial charge in [0.15, 0.2) is 0 Å². The molecule has 1 saturated carbocycles. The number of nitrogens with one attached hydrogen (secondary N) is 1. The lowest BCUT2D eigenvalue weighted by molar-refractivity contribution is -0.132. The van der Waals surface area contributed by atoms with E-state index in [2.05, 4.69) is 19.2 Å². The minimum absolute atomic E-state index is 0.203. The first-order valence-electron chi connectivity index (χ1n) is 7.15. The third kappa shape index (κ3) is 2.49. The van der Waals surface area contributed by atoms with E-state index in [0.29, 0.717) is 5.91 Å². The molecule has 3 nitrogen and oxygen atoms in total. The zero-order valence-electron chi connectivity index (χ0n) is 11.5. The number of nitrogens with zero attached hydrogens (tertiary/aromatic N) is 1. The van der Waals surface area contributed by atoms with Crippen molar-refractivity contribution < 1.29 is 4.79 Å². The minimum Gasteiger partial charge on any atom is -0.326 e. The smallest absolute Gasteiger partial charge is 0.243 e. The van der Waals surface area contributed by atoms with Crippen LogP contribution >= 0.6 is 0 Å². The predicted molar refractivity (Wildman–Crippen MR) is 69.6 cm³/mol. The van der Waals surface area contributed by atoms with E-state index in [4.69, 9.17) is 0 Å². The van der Waals surface area contributed by atoms with Crippen molar-refractivity contribution in [3.63, 3.8) is 0 Å². The molecule has 2 unspecified atom stereocenters. The molecule has 98 valence electrons. The monoisotopic (exact) mass is 238 g/mol. The molecule has 0 bridgehead atoms. The van der Waals surface area contributed by atoms with Gasteiger partial charge in [0.1, 0.15) is 0 Å². The van der Waals surface area contributed by atoms with Crippen molar-refractivity contribution in [3.8, 4) is 0 Å². The maximum Gasteiger partial charge on any atom is 0.243 e. The Labute approximate surface area is 105 Å². The van der Waals surface area contributed by atoms with Crippen molar-refractivity contribution in [2.45, 2.75) is 71.0 Å². The van der Waals surface area contributed by atoms with E-state index < -0.39 is 0 Å². The topological polar surface area (TPSA) is 32.3 Å². The second-order valence-electron chi connectivity index (χ2n) is 5.94. The average molecular weight is 238 g/mol. The molecule has 2 fully saturated rings. The van der Waals surface area contributed by atoms with Crippen LogP contribution in [-0.2, 0) is 4.79 Å². The molecule has 1 amide bonds. The molecule has 0 aromatic rings. The van der Waals surface area contributed by atoms with E-state index in [1.54, 1.807) is 0 Å². The summed E-state index contributed by atoms with van der Waals surface area (Å²) in [6.07, 6.45) is 7.78. The predicted octanol–water partition coefficient (Wildman–Crippen LogP) is 2.51. The Morgan fingerprint density at radius 3 is 2.59 bits per heavy atom. The van der Waals surface area contributed by atoms with Crippen LogP contribution in [-0.4, -0.2) is 29.1 Å². The van der Waals surface area contributed by atoms with Crippen LogP contribution < -0.4 is 5.32 Å². The Balaban J connectivity index is 1.89. The zero-order valence-corrected chi connectivity index (χ0v) is 11.5. The van der Waals surface area contributed by atoms with E-state index in [1.165, 1.54) is 32.1 Å². The maximum absolute atomic E-state index is 12.3. The van der Waals surface area contributed by atoms with Crippen molar-refractivity contribution in [2.24, 2.45) is 5.92 Å². The minimum atomic E-state index is -0.324. The van der Waals surface area contributed by atoms with Crippen LogP contribution in [0.15, 0.2) is 0 Å². The molecule has 0 radical (unpaired) electrons. The van der Waals surface area contributed by atoms with E-state index in [1.807, 2.05) is 11.8 Å². The van der Waals surface area contributed by atoms with E-state index in [-0.39, 0.29) is 11.7 Å². The summed E-state index contributed by atoms with van der Waals surface area (Å²) in [5, 5.41) is 3.43. The van der Waals surface area contributed by atoms with Crippen molar-refractivity contribution in [1.29, 1.82) is 0 Å². The molecular weight excluding hydrogens is 212 g/mol. The Bertz CT molecular complexity index is 286. The van der Waals surface area contributed by atoms with Gasteiger partial charge in [-0.25, -0.2) is 0 Å². The number of hydrogen-bond donors (Lipinski definition) is 1. The van der Waals surface area contributed by atoms with Crippen LogP contribution in [0.25, 0.3) is 0 Å². The summed E-state index contributed by atoms with van der Waals surface area (Å²) in [6, 6.07) is 0. The van der Waals surface area contributed by atoms with Crippen LogP contribution in [0.2, 0.25) is 0 Å². The van der Waals surface area contributed by atoms with Gasteiger partial charge >= 0.3 is 0 Å². The molecule has 2 atom stereocenters. The number of rotatable bonds is 4. The van der Waals surface area contributed by atoms with Crippen molar-refractivity contribution in [2.75, 3.05) is 6.54 Å². The molecule has 0 aromatic heterocycles. The van der Waals surface area contributed by atoms with Crippen LogP contribution in [0.1, 0.15) is 59.3 Å². The normalized spacial score (nSPS) is 34.9. The van der Waals surface area contributed by atoms with Gasteiger partial charge in [0, 0.05) is 6.54 Å². The number of hydrogen-bond acceptors (Lipinski definition) is 2. The third-order valence-electron chi connectivity index (χ3n) is 4.69. The van der Waals surface area contributed by atoms with Crippen molar-refractivity contribution in [3.05, 3.63) is 0 Å². The molecule has 1 saturated heterocycles. The highest BCUT2D eigenvalue weighted by Crippen LogP contribution is 2.29. The van der Waals surface area contributed by atoms with Gasteiger partial charge in [-0.3, -0.25) is 10.1 Å². The number of carbonyl (C=O) groups excluding carboxylic acids is 1. The second kappa shape index (κ2) is 4.97. The molecule has 3 heteroatoms. The summed E-state index contributed by atoms with van der Waals surface area (Å²) in [7, 11) is 0. The molecule has 2 aliphatic rings. The van der Waals surface area contributed by atoms with Crippen LogP contribution in [0, 0.1) is 5.92 Å². The summed E-state index contributed by atoms with van der Waals surface area (Å²) in [6.45, 7) is 7.15. The van der Waals surface area contributed by atoms with Gasteiger partial charge in [0.2, 0.25) is 5.91 Å². The molecule has 17 heavy (non-hydrogen) atoms. The van der Waals surface area contributed by atoms with E-state index >= 15 is 0 Å². The first-order chi connectivity index (χ1) is 8.07. The lowest BCUT2D eigenvalue weighted by Gasteiger charge is -2.23. The molecule has 2 rings (SSSR count). The highest BCUT2D eigenvalue weighted by molar-refractivity contribution is 5.88. The fraction of sp³-hybridized carbons (Fsp3) is 0.929. The Morgan fingerprint density at radius 1 is 1.41 bits per heavy atom. The number of amides is 1. The maximum atomic E-state index is 12.3. The summed E-state index contributed by atoms with van der Waals surface area (Å²) in [4.78, 5) is 14.4. The van der Waals surface area contributed by atoms with Crippen molar-refractivity contribution >= 4 is 5.91 Å². The fourth-order valence-electron chi connectivity index (χ4n) is 3.26. The molecular formula is C14H26N2O. The van der Waals surface area contributed by atoms with Gasteiger partial charge in [-0.05, 0) is 32.6 Å². The van der Waals surface area contributed by atoms with Gasteiger partial charge in [0.05, 0.1) is 11.7 Å².